The molecule has 0 radical (unpaired) electrons. The summed E-state index contributed by atoms with van der Waals surface area (Å²) in [6.07, 6.45) is 0. The van der Waals surface area contributed by atoms with Crippen LogP contribution in [-0.2, 0) is 4.79 Å². The van der Waals surface area contributed by atoms with Gasteiger partial charge in [0.1, 0.15) is 5.78 Å². The smallest absolute Gasteiger partial charge is 0.126 e. The van der Waals surface area contributed by atoms with Gasteiger partial charge in [-0.25, -0.2) is 0 Å². The number of ketones is 1. The molecule has 62 valence electrons. The Balaban J connectivity index is 0. The minimum absolute atomic E-state index is 0.167. The first-order valence-corrected chi connectivity index (χ1v) is 3.60. The van der Waals surface area contributed by atoms with Crippen LogP contribution in [0.25, 0.3) is 0 Å². The molecule has 1 unspecified atom stereocenters. The summed E-state index contributed by atoms with van der Waals surface area (Å²) in [4.78, 5) is 9.44. The molecule has 2 nitrogen and oxygen atoms in total. The Hall–Kier alpha value is -0.370. The van der Waals surface area contributed by atoms with E-state index in [-0.39, 0.29) is 5.78 Å². The van der Waals surface area contributed by atoms with Crippen LogP contribution in [0.5, 0.6) is 0 Å². The highest BCUT2D eigenvalue weighted by Crippen LogP contribution is 1.93. The maximum absolute atomic E-state index is 9.44. The van der Waals surface area contributed by atoms with Gasteiger partial charge in [0, 0.05) is 6.04 Å². The molecular formula is C8H19NO. The van der Waals surface area contributed by atoms with Crippen molar-refractivity contribution in [2.75, 3.05) is 0 Å². The van der Waals surface area contributed by atoms with Crippen molar-refractivity contribution in [3.05, 3.63) is 0 Å². The van der Waals surface area contributed by atoms with Crippen LogP contribution < -0.4 is 5.73 Å². The molecule has 10 heavy (non-hydrogen) atoms. The Morgan fingerprint density at radius 3 is 1.30 bits per heavy atom. The van der Waals surface area contributed by atoms with Crippen LogP contribution in [0.1, 0.15) is 34.6 Å². The largest absolute Gasteiger partial charge is 0.328 e. The van der Waals surface area contributed by atoms with Crippen LogP contribution in [0, 0.1) is 5.92 Å². The third-order valence-corrected chi connectivity index (χ3v) is 1.05. The monoisotopic (exact) mass is 145 g/mol. The van der Waals surface area contributed by atoms with Gasteiger partial charge < -0.3 is 10.5 Å². The normalized spacial score (nSPS) is 11.9. The molecule has 0 aromatic carbocycles. The van der Waals surface area contributed by atoms with E-state index in [9.17, 15) is 4.79 Å². The fourth-order valence-corrected chi connectivity index (χ4v) is 0. The molecular weight excluding hydrogens is 126 g/mol. The van der Waals surface area contributed by atoms with Crippen LogP contribution in [0.4, 0.5) is 0 Å². The van der Waals surface area contributed by atoms with Crippen molar-refractivity contribution < 1.29 is 4.79 Å². The molecule has 2 N–H and O–H groups in total. The van der Waals surface area contributed by atoms with Gasteiger partial charge in [-0.1, -0.05) is 13.8 Å². The Labute approximate surface area is 63.8 Å². The first kappa shape index (κ1) is 12.3. The summed E-state index contributed by atoms with van der Waals surface area (Å²) in [5, 5.41) is 0. The third-order valence-electron chi connectivity index (χ3n) is 1.05. The number of carbonyl (C=O) groups excluding carboxylic acids is 1. The summed E-state index contributed by atoms with van der Waals surface area (Å²) in [5.41, 5.74) is 5.44. The first-order valence-electron chi connectivity index (χ1n) is 3.60. The molecule has 0 aromatic heterocycles. The van der Waals surface area contributed by atoms with E-state index in [2.05, 4.69) is 13.8 Å². The number of nitrogens with two attached hydrogens (primary N) is 1. The second-order valence-electron chi connectivity index (χ2n) is 3.01. The van der Waals surface area contributed by atoms with Gasteiger partial charge in [0.2, 0.25) is 0 Å². The Morgan fingerprint density at radius 2 is 1.30 bits per heavy atom. The second kappa shape index (κ2) is 6.75. The summed E-state index contributed by atoms with van der Waals surface area (Å²) in [7, 11) is 0. The maximum atomic E-state index is 9.44. The number of Topliss-reactive ketones (excluding diaryl/α,β-unsaturated/α-hetero) is 1. The molecule has 0 fully saturated rings. The minimum atomic E-state index is 0.167. The van der Waals surface area contributed by atoms with Gasteiger partial charge >= 0.3 is 0 Å². The SMILES string of the molecule is CC(C)=O.CC(C)C(C)N. The van der Waals surface area contributed by atoms with Gasteiger partial charge in [-0.2, -0.15) is 0 Å². The molecule has 2 heteroatoms. The standard InChI is InChI=1S/C5H13N.C3H6O/c1-4(2)5(3)6;1-3(2)4/h4-5H,6H2,1-3H3;1-2H3. The molecule has 0 aromatic rings. The predicted molar refractivity (Wildman–Crippen MR) is 44.8 cm³/mol. The van der Waals surface area contributed by atoms with E-state index in [4.69, 9.17) is 5.73 Å². The molecule has 0 bridgehead atoms. The van der Waals surface area contributed by atoms with E-state index >= 15 is 0 Å². The lowest BCUT2D eigenvalue weighted by atomic mass is 10.1. The highest BCUT2D eigenvalue weighted by atomic mass is 16.1. The zero-order valence-corrected chi connectivity index (χ0v) is 7.64. The number of rotatable bonds is 1. The Morgan fingerprint density at radius 1 is 1.20 bits per heavy atom. The third kappa shape index (κ3) is 25.5. The van der Waals surface area contributed by atoms with E-state index in [0.717, 1.165) is 0 Å². The average molecular weight is 145 g/mol. The van der Waals surface area contributed by atoms with Gasteiger partial charge in [-0.05, 0) is 26.7 Å². The molecule has 0 saturated heterocycles. The van der Waals surface area contributed by atoms with E-state index in [0.29, 0.717) is 12.0 Å². The highest BCUT2D eigenvalue weighted by molar-refractivity contribution is 5.72. The fourth-order valence-electron chi connectivity index (χ4n) is 0. The molecule has 0 aliphatic heterocycles. The summed E-state index contributed by atoms with van der Waals surface area (Å²) in [6.45, 7) is 9.31. The van der Waals surface area contributed by atoms with Gasteiger partial charge in [0.25, 0.3) is 0 Å². The second-order valence-corrected chi connectivity index (χ2v) is 3.01. The summed E-state index contributed by atoms with van der Waals surface area (Å²) < 4.78 is 0. The molecule has 1 atom stereocenters. The molecule has 0 rings (SSSR count). The van der Waals surface area contributed by atoms with Crippen molar-refractivity contribution in [2.24, 2.45) is 11.7 Å². The number of carbonyl (C=O) groups is 1. The lowest BCUT2D eigenvalue weighted by Crippen LogP contribution is -2.21. The van der Waals surface area contributed by atoms with Crippen LogP contribution in [0.15, 0.2) is 0 Å². The summed E-state index contributed by atoms with van der Waals surface area (Å²) >= 11 is 0. The zero-order valence-electron chi connectivity index (χ0n) is 7.64. The lowest BCUT2D eigenvalue weighted by Gasteiger charge is -2.05. The Bertz CT molecular complexity index is 77.3. The predicted octanol–water partition coefficient (Wildman–Crippen LogP) is 1.58. The first-order chi connectivity index (χ1) is 4.37. The minimum Gasteiger partial charge on any atom is -0.328 e. The van der Waals surface area contributed by atoms with Crippen molar-refractivity contribution >= 4 is 5.78 Å². The molecule has 0 heterocycles. The van der Waals surface area contributed by atoms with E-state index in [1.165, 1.54) is 13.8 Å². The fraction of sp³-hybridized carbons (Fsp3) is 0.875. The van der Waals surface area contributed by atoms with Crippen molar-refractivity contribution in [1.82, 2.24) is 0 Å². The summed E-state index contributed by atoms with van der Waals surface area (Å²) in [5.74, 6) is 0.796. The van der Waals surface area contributed by atoms with Gasteiger partial charge in [0.05, 0.1) is 0 Å². The Kier molecular flexibility index (Phi) is 8.31. The molecule has 0 aliphatic carbocycles. The quantitative estimate of drug-likeness (QED) is 0.608. The van der Waals surface area contributed by atoms with Gasteiger partial charge in [-0.3, -0.25) is 0 Å². The van der Waals surface area contributed by atoms with Gasteiger partial charge in [-0.15, -0.1) is 0 Å². The number of hydrogen-bond acceptors (Lipinski definition) is 2. The molecule has 0 saturated carbocycles. The van der Waals surface area contributed by atoms with Crippen LogP contribution in [0.2, 0.25) is 0 Å². The van der Waals surface area contributed by atoms with E-state index in [1.807, 2.05) is 6.92 Å². The van der Waals surface area contributed by atoms with Crippen molar-refractivity contribution in [3.8, 4) is 0 Å². The van der Waals surface area contributed by atoms with Crippen LogP contribution in [0.3, 0.4) is 0 Å². The molecule has 0 spiro atoms. The van der Waals surface area contributed by atoms with Crippen molar-refractivity contribution in [1.29, 1.82) is 0 Å². The maximum Gasteiger partial charge on any atom is 0.126 e. The van der Waals surface area contributed by atoms with Gasteiger partial charge in [0.15, 0.2) is 0 Å². The van der Waals surface area contributed by atoms with Crippen molar-refractivity contribution in [3.63, 3.8) is 0 Å². The molecule has 0 aliphatic rings. The molecule has 0 amide bonds. The number of hydrogen-bond donors (Lipinski definition) is 1. The zero-order chi connectivity index (χ0) is 8.73. The van der Waals surface area contributed by atoms with E-state index < -0.39 is 0 Å². The van der Waals surface area contributed by atoms with Crippen molar-refractivity contribution in [2.45, 2.75) is 40.7 Å². The van der Waals surface area contributed by atoms with Crippen LogP contribution in [-0.4, -0.2) is 11.8 Å². The summed E-state index contributed by atoms with van der Waals surface area (Å²) in [6, 6.07) is 0.352. The van der Waals surface area contributed by atoms with E-state index in [1.54, 1.807) is 0 Å². The highest BCUT2D eigenvalue weighted by Gasteiger charge is 1.95. The average Bonchev–Trinajstić information content (AvgIpc) is 1.63. The van der Waals surface area contributed by atoms with Crippen LogP contribution >= 0.6 is 0 Å². The topological polar surface area (TPSA) is 43.1 Å². The lowest BCUT2D eigenvalue weighted by molar-refractivity contribution is -0.114.